The molecule has 2 aromatic rings. The summed E-state index contributed by atoms with van der Waals surface area (Å²) >= 11 is 1.76. The topological polar surface area (TPSA) is 50.9 Å². The lowest BCUT2D eigenvalue weighted by Gasteiger charge is -2.18. The van der Waals surface area contributed by atoms with Gasteiger partial charge in [0.15, 0.2) is 0 Å². The largest absolute Gasteiger partial charge is 0.324 e. The second kappa shape index (κ2) is 5.04. The minimum atomic E-state index is 0.152. The molecule has 0 saturated carbocycles. The molecule has 3 N–H and O–H groups in total. The number of fused-ring (bicyclic) bond motifs is 1. The number of hydrogen-bond donors (Lipinski definition) is 2. The zero-order valence-corrected chi connectivity index (χ0v) is 12.1. The van der Waals surface area contributed by atoms with Crippen LogP contribution in [0.4, 0.5) is 0 Å². The molecule has 4 heteroatoms. The van der Waals surface area contributed by atoms with Gasteiger partial charge in [-0.2, -0.15) is 0 Å². The Kier molecular flexibility index (Phi) is 3.39. The molecule has 0 spiro atoms. The molecule has 1 heterocycles. The van der Waals surface area contributed by atoms with E-state index in [-0.39, 0.29) is 12.1 Å². The van der Waals surface area contributed by atoms with Gasteiger partial charge in [0.1, 0.15) is 5.01 Å². The molecule has 3 nitrogen and oxygen atoms in total. The number of rotatable bonds is 3. The van der Waals surface area contributed by atoms with E-state index in [9.17, 15) is 0 Å². The summed E-state index contributed by atoms with van der Waals surface area (Å²) in [5, 5.41) is 4.81. The lowest BCUT2D eigenvalue weighted by atomic mass is 10.1. The maximum absolute atomic E-state index is 6.20. The second-order valence-electron chi connectivity index (χ2n) is 5.22. The molecule has 1 aromatic heterocycles. The molecular weight excluding hydrogens is 254 g/mol. The van der Waals surface area contributed by atoms with Crippen LogP contribution < -0.4 is 11.1 Å². The van der Waals surface area contributed by atoms with Crippen molar-refractivity contribution in [1.82, 2.24) is 10.3 Å². The van der Waals surface area contributed by atoms with E-state index in [1.54, 1.807) is 11.3 Å². The third kappa shape index (κ3) is 2.43. The van der Waals surface area contributed by atoms with Crippen LogP contribution in [-0.2, 0) is 0 Å². The van der Waals surface area contributed by atoms with Crippen LogP contribution in [0.5, 0.6) is 0 Å². The Morgan fingerprint density at radius 2 is 2.11 bits per heavy atom. The minimum absolute atomic E-state index is 0.152. The molecule has 19 heavy (non-hydrogen) atoms. The van der Waals surface area contributed by atoms with E-state index in [4.69, 9.17) is 5.73 Å². The van der Waals surface area contributed by atoms with Crippen LogP contribution in [0.2, 0.25) is 0 Å². The highest BCUT2D eigenvalue weighted by Gasteiger charge is 2.29. The number of thiazole rings is 1. The predicted molar refractivity (Wildman–Crippen MR) is 79.1 cm³/mol. The van der Waals surface area contributed by atoms with Gasteiger partial charge in [-0.1, -0.05) is 24.3 Å². The Hall–Kier alpha value is -1.23. The van der Waals surface area contributed by atoms with Crippen LogP contribution in [0.25, 0.3) is 0 Å². The van der Waals surface area contributed by atoms with E-state index in [1.165, 1.54) is 16.0 Å². The average molecular weight is 273 g/mol. The van der Waals surface area contributed by atoms with Crippen molar-refractivity contribution in [2.45, 2.75) is 38.4 Å². The van der Waals surface area contributed by atoms with Crippen molar-refractivity contribution in [3.8, 4) is 0 Å². The van der Waals surface area contributed by atoms with Crippen molar-refractivity contribution >= 4 is 11.3 Å². The molecule has 3 rings (SSSR count). The van der Waals surface area contributed by atoms with E-state index >= 15 is 0 Å². The second-order valence-corrected chi connectivity index (χ2v) is 6.49. The number of aryl methyl sites for hydroxylation is 1. The summed E-state index contributed by atoms with van der Waals surface area (Å²) < 4.78 is 0. The summed E-state index contributed by atoms with van der Waals surface area (Å²) in [5.41, 5.74) is 8.83. The molecule has 3 unspecified atom stereocenters. The lowest BCUT2D eigenvalue weighted by molar-refractivity contribution is 0.445. The molecule has 0 fully saturated rings. The van der Waals surface area contributed by atoms with Crippen molar-refractivity contribution < 1.29 is 0 Å². The highest BCUT2D eigenvalue weighted by Crippen LogP contribution is 2.38. The van der Waals surface area contributed by atoms with Gasteiger partial charge >= 0.3 is 0 Å². The fourth-order valence-electron chi connectivity index (χ4n) is 2.78. The van der Waals surface area contributed by atoms with E-state index < -0.39 is 0 Å². The molecule has 0 amide bonds. The highest BCUT2D eigenvalue weighted by atomic mass is 32.1. The van der Waals surface area contributed by atoms with E-state index in [1.807, 2.05) is 6.20 Å². The number of nitrogens with one attached hydrogen (secondary N) is 1. The van der Waals surface area contributed by atoms with Gasteiger partial charge in [0.2, 0.25) is 0 Å². The molecule has 100 valence electrons. The normalized spacial score (nSPS) is 23.3. The Morgan fingerprint density at radius 1 is 1.37 bits per heavy atom. The molecule has 0 bridgehead atoms. The third-order valence-electron chi connectivity index (χ3n) is 3.72. The first-order chi connectivity index (χ1) is 9.15. The SMILES string of the molecule is Cc1cnc(C(C)NC2CC(N)c3ccccc32)s1. The minimum Gasteiger partial charge on any atom is -0.324 e. The van der Waals surface area contributed by atoms with Crippen LogP contribution in [0, 0.1) is 6.92 Å². The lowest BCUT2D eigenvalue weighted by Crippen LogP contribution is -2.23. The number of benzene rings is 1. The summed E-state index contributed by atoms with van der Waals surface area (Å²) in [7, 11) is 0. The van der Waals surface area contributed by atoms with Gasteiger partial charge in [-0.15, -0.1) is 11.3 Å². The first-order valence-corrected chi connectivity index (χ1v) is 7.49. The van der Waals surface area contributed by atoms with E-state index in [0.717, 1.165) is 11.4 Å². The maximum atomic E-state index is 6.20. The van der Waals surface area contributed by atoms with Crippen molar-refractivity contribution in [2.75, 3.05) is 0 Å². The molecule has 1 aromatic carbocycles. The molecule has 3 atom stereocenters. The Balaban J connectivity index is 1.78. The van der Waals surface area contributed by atoms with Crippen molar-refractivity contribution in [3.63, 3.8) is 0 Å². The maximum Gasteiger partial charge on any atom is 0.109 e. The van der Waals surface area contributed by atoms with Gasteiger partial charge in [-0.3, -0.25) is 0 Å². The smallest absolute Gasteiger partial charge is 0.109 e. The molecule has 0 radical (unpaired) electrons. The van der Waals surface area contributed by atoms with E-state index in [2.05, 4.69) is 48.4 Å². The number of nitrogens with zero attached hydrogens (tertiary/aromatic N) is 1. The van der Waals surface area contributed by atoms with Gasteiger partial charge in [-0.25, -0.2) is 4.98 Å². The summed E-state index contributed by atoms with van der Waals surface area (Å²) in [6.45, 7) is 4.26. The van der Waals surface area contributed by atoms with Gasteiger partial charge < -0.3 is 11.1 Å². The Bertz CT molecular complexity index is 578. The summed E-state index contributed by atoms with van der Waals surface area (Å²) in [6.07, 6.45) is 2.90. The fourth-order valence-corrected chi connectivity index (χ4v) is 3.56. The van der Waals surface area contributed by atoms with Gasteiger partial charge in [0.25, 0.3) is 0 Å². The van der Waals surface area contributed by atoms with Crippen LogP contribution in [0.15, 0.2) is 30.5 Å². The highest BCUT2D eigenvalue weighted by molar-refractivity contribution is 7.11. The summed E-state index contributed by atoms with van der Waals surface area (Å²) in [4.78, 5) is 5.71. The van der Waals surface area contributed by atoms with Crippen molar-refractivity contribution in [2.24, 2.45) is 5.73 Å². The third-order valence-corrected chi connectivity index (χ3v) is 4.82. The number of aromatic nitrogens is 1. The quantitative estimate of drug-likeness (QED) is 0.902. The molecule has 1 aliphatic carbocycles. The van der Waals surface area contributed by atoms with E-state index in [0.29, 0.717) is 6.04 Å². The van der Waals surface area contributed by atoms with Gasteiger partial charge in [0, 0.05) is 23.2 Å². The Labute approximate surface area is 117 Å². The van der Waals surface area contributed by atoms with Gasteiger partial charge in [-0.05, 0) is 31.4 Å². The van der Waals surface area contributed by atoms with Crippen molar-refractivity contribution in [1.29, 1.82) is 0 Å². The molecule has 0 saturated heterocycles. The fraction of sp³-hybridized carbons (Fsp3) is 0.400. The summed E-state index contributed by atoms with van der Waals surface area (Å²) in [6, 6.07) is 9.23. The van der Waals surface area contributed by atoms with Crippen LogP contribution in [0.3, 0.4) is 0 Å². The predicted octanol–water partition coefficient (Wildman–Crippen LogP) is 3.25. The van der Waals surface area contributed by atoms with Crippen molar-refractivity contribution in [3.05, 3.63) is 51.5 Å². The average Bonchev–Trinajstić information content (AvgIpc) is 2.96. The Morgan fingerprint density at radius 3 is 2.79 bits per heavy atom. The number of hydrogen-bond acceptors (Lipinski definition) is 4. The monoisotopic (exact) mass is 273 g/mol. The van der Waals surface area contributed by atoms with Crippen LogP contribution >= 0.6 is 11.3 Å². The number of nitrogens with two attached hydrogens (primary N) is 1. The van der Waals surface area contributed by atoms with Gasteiger partial charge in [0.05, 0.1) is 6.04 Å². The summed E-state index contributed by atoms with van der Waals surface area (Å²) in [5.74, 6) is 0. The zero-order chi connectivity index (χ0) is 13.4. The first-order valence-electron chi connectivity index (χ1n) is 6.68. The molecule has 0 aliphatic heterocycles. The van der Waals surface area contributed by atoms with Crippen LogP contribution in [-0.4, -0.2) is 4.98 Å². The zero-order valence-electron chi connectivity index (χ0n) is 11.3. The first kappa shape index (κ1) is 12.8. The molecular formula is C15H19N3S. The van der Waals surface area contributed by atoms with Crippen LogP contribution in [0.1, 0.15) is 52.5 Å². The standard InChI is InChI=1S/C15H19N3S/c1-9-8-17-15(19-9)10(2)18-14-7-13(16)11-5-3-4-6-12(11)14/h3-6,8,10,13-14,18H,7,16H2,1-2H3. The molecule has 1 aliphatic rings.